The van der Waals surface area contributed by atoms with Gasteiger partial charge in [0, 0.05) is 65.5 Å². The summed E-state index contributed by atoms with van der Waals surface area (Å²) in [5.74, 6) is -1.98. The Bertz CT molecular complexity index is 2740. The maximum atomic E-state index is 13.2. The van der Waals surface area contributed by atoms with Gasteiger partial charge >= 0.3 is 30.7 Å². The second-order valence-corrected chi connectivity index (χ2v) is 17.7. The number of hydrogen-bond acceptors (Lipinski definition) is 6. The highest BCUT2D eigenvalue weighted by Gasteiger charge is 2.38. The van der Waals surface area contributed by atoms with E-state index in [-0.39, 0.29) is 95.0 Å². The minimum absolute atomic E-state index is 0.0308. The quantitative estimate of drug-likeness (QED) is 0.0483. The lowest BCUT2D eigenvalue weighted by molar-refractivity contribution is -0.144. The molecule has 0 aromatic heterocycles. The van der Waals surface area contributed by atoms with Gasteiger partial charge in [0.05, 0.1) is 22.3 Å². The van der Waals surface area contributed by atoms with Gasteiger partial charge in [0.1, 0.15) is 5.78 Å². The maximum Gasteiger partial charge on any atom is 0.416 e. The first-order valence-electron chi connectivity index (χ1n) is 23.2. The average Bonchev–Trinajstić information content (AvgIpc) is 3.31. The number of allylic oxidation sites excluding steroid dienone is 2. The monoisotopic (exact) mass is 1040 g/mol. The zero-order valence-corrected chi connectivity index (χ0v) is 39.1. The zero-order valence-electron chi connectivity index (χ0n) is 39.1. The van der Waals surface area contributed by atoms with Crippen molar-refractivity contribution < 1.29 is 86.6 Å². The molecule has 0 radical (unpaired) electrons. The summed E-state index contributed by atoms with van der Waals surface area (Å²) in [4.78, 5) is 72.7. The van der Waals surface area contributed by atoms with Crippen LogP contribution in [0, 0.1) is 0 Å². The summed E-state index contributed by atoms with van der Waals surface area (Å²) in [6, 6.07) is 11.5. The number of carboxylic acid groups (broad SMARTS) is 1. The molecule has 7 nitrogen and oxygen atoms in total. The van der Waals surface area contributed by atoms with Crippen LogP contribution in [0.2, 0.25) is 0 Å². The number of hydrogen-bond donors (Lipinski definition) is 1. The Hall–Kier alpha value is -6.66. The Morgan fingerprint density at radius 1 is 0.466 bits per heavy atom. The van der Waals surface area contributed by atoms with Gasteiger partial charge in [-0.2, -0.15) is 52.7 Å². The minimum Gasteiger partial charge on any atom is -0.481 e. The first kappa shape index (κ1) is 57.2. The van der Waals surface area contributed by atoms with Gasteiger partial charge in [-0.25, -0.2) is 0 Å². The summed E-state index contributed by atoms with van der Waals surface area (Å²) in [6.45, 7) is 1.81. The van der Waals surface area contributed by atoms with E-state index in [4.69, 9.17) is 5.11 Å². The van der Waals surface area contributed by atoms with E-state index in [9.17, 15) is 81.5 Å². The third-order valence-electron chi connectivity index (χ3n) is 12.2. The number of halogens is 12. The van der Waals surface area contributed by atoms with Crippen molar-refractivity contribution >= 4 is 47.0 Å². The van der Waals surface area contributed by atoms with Gasteiger partial charge in [0.2, 0.25) is 0 Å². The highest BCUT2D eigenvalue weighted by molar-refractivity contribution is 6.14. The van der Waals surface area contributed by atoms with Crippen LogP contribution in [0.15, 0.2) is 83.9 Å². The molecule has 0 amide bonds. The van der Waals surface area contributed by atoms with Gasteiger partial charge in [-0.1, -0.05) is 44.0 Å². The summed E-state index contributed by atoms with van der Waals surface area (Å²) >= 11 is 0. The van der Waals surface area contributed by atoms with E-state index in [2.05, 4.69) is 0 Å². The lowest BCUT2D eigenvalue weighted by atomic mass is 9.84. The molecule has 2 aliphatic rings. The number of aliphatic carboxylic acids is 1. The van der Waals surface area contributed by atoms with Gasteiger partial charge in [0.15, 0.2) is 23.1 Å². The third-order valence-corrected chi connectivity index (χ3v) is 12.2. The number of ketones is 5. The van der Waals surface area contributed by atoms with Crippen molar-refractivity contribution in [2.75, 3.05) is 0 Å². The van der Waals surface area contributed by atoms with Crippen LogP contribution in [0.5, 0.6) is 0 Å². The molecule has 0 saturated carbocycles. The molecule has 0 aliphatic heterocycles. The molecule has 1 N–H and O–H groups in total. The van der Waals surface area contributed by atoms with Gasteiger partial charge in [0.25, 0.3) is 0 Å². The molecular weight excluding hydrogens is 989 g/mol. The van der Waals surface area contributed by atoms with Crippen LogP contribution in [0.25, 0.3) is 12.2 Å². The fourth-order valence-electron chi connectivity index (χ4n) is 8.29. The fraction of sp³-hybridized carbons (Fsp3) is 0.370. The molecule has 0 saturated heterocycles. The maximum absolute atomic E-state index is 13.2. The first-order valence-corrected chi connectivity index (χ1v) is 23.2. The van der Waals surface area contributed by atoms with Crippen molar-refractivity contribution in [1.82, 2.24) is 0 Å². The molecule has 0 unspecified atom stereocenters. The number of alkyl halides is 12. The summed E-state index contributed by atoms with van der Waals surface area (Å²) in [5.41, 5.74) is -3.84. The molecule has 0 atom stereocenters. The fourth-order valence-corrected chi connectivity index (χ4v) is 8.29. The topological polar surface area (TPSA) is 123 Å². The van der Waals surface area contributed by atoms with Crippen LogP contribution < -0.4 is 0 Å². The Balaban J connectivity index is 0.000000271. The molecule has 4 aromatic rings. The number of carboxylic acids is 1. The number of aryl methyl sites for hydroxylation is 2. The van der Waals surface area contributed by atoms with Gasteiger partial charge in [-0.15, -0.1) is 0 Å². The zero-order chi connectivity index (χ0) is 54.1. The molecule has 73 heavy (non-hydrogen) atoms. The number of carbonyl (C=O) groups is 6. The lowest BCUT2D eigenvalue weighted by Gasteiger charge is -2.19. The number of unbranched alkanes of at least 4 members (excludes halogenated alkanes) is 4. The largest absolute Gasteiger partial charge is 0.481 e. The number of carbonyl (C=O) groups excluding carboxylic acids is 5. The van der Waals surface area contributed by atoms with Crippen LogP contribution in [0.3, 0.4) is 0 Å². The minimum atomic E-state index is -4.99. The number of Topliss-reactive ketones (excluding diaryl/α,β-unsaturated/α-hetero) is 5. The van der Waals surface area contributed by atoms with Crippen molar-refractivity contribution in [1.29, 1.82) is 0 Å². The first-order chi connectivity index (χ1) is 34.0. The lowest BCUT2D eigenvalue weighted by Crippen LogP contribution is -2.15. The van der Waals surface area contributed by atoms with E-state index < -0.39 is 64.5 Å². The standard InChI is InChI=1S/C28H26F6O3.C26H22F6O4/c1-2-23(35)6-4-3-5-7-25(36)19-10-11-24-18(15-19)8-9-20(26(24)37)12-17-13-21(27(29,30)31)16-22(14-17)28(32,33)34;27-25(28,29)19-11-15(12-20(14-19)26(30,31)32)10-18-7-6-16-13-17(8-9-21(16)24(18)36)22(33)4-2-1-3-5-23(34)35/h10-16H,2-9H2,1H3;8-14H,1-7H2,(H,34,35)/b20-12+;18-10+. The van der Waals surface area contributed by atoms with Gasteiger partial charge in [-0.05, 0) is 134 Å². The second kappa shape index (κ2) is 23.9. The summed E-state index contributed by atoms with van der Waals surface area (Å²) in [6.07, 6.45) is -11.8. The molecule has 0 bridgehead atoms. The molecule has 0 fully saturated rings. The van der Waals surface area contributed by atoms with Crippen LogP contribution in [0.1, 0.15) is 176 Å². The Kier molecular flexibility index (Phi) is 18.8. The summed E-state index contributed by atoms with van der Waals surface area (Å²) in [7, 11) is 0. The SMILES string of the molecule is CCC(=O)CCCCCC(=O)c1ccc2c(c1)CC/C(=C\c1cc(C(F)(F)F)cc(C(F)(F)F)c1)C2=O.O=C(O)CCCCCC(=O)c1ccc2c(c1)CC/C(=C\c1cc(C(F)(F)F)cc(C(F)(F)F)c1)C2=O. The van der Waals surface area contributed by atoms with E-state index in [1.807, 2.05) is 0 Å². The van der Waals surface area contributed by atoms with Crippen LogP contribution in [-0.4, -0.2) is 40.0 Å². The molecule has 6 rings (SSSR count). The predicted octanol–water partition coefficient (Wildman–Crippen LogP) is 15.2. The van der Waals surface area contributed by atoms with E-state index in [1.165, 1.54) is 24.3 Å². The highest BCUT2D eigenvalue weighted by atomic mass is 19.4. The van der Waals surface area contributed by atoms with Crippen molar-refractivity contribution in [3.63, 3.8) is 0 Å². The van der Waals surface area contributed by atoms with Crippen LogP contribution in [0.4, 0.5) is 52.7 Å². The molecule has 0 heterocycles. The molecule has 19 heteroatoms. The normalized spacial score (nSPS) is 15.1. The number of fused-ring (bicyclic) bond motifs is 2. The van der Waals surface area contributed by atoms with Gasteiger partial charge < -0.3 is 5.11 Å². The number of benzene rings is 4. The molecule has 0 spiro atoms. The van der Waals surface area contributed by atoms with E-state index >= 15 is 0 Å². The predicted molar refractivity (Wildman–Crippen MR) is 245 cm³/mol. The molecule has 4 aromatic carbocycles. The van der Waals surface area contributed by atoms with Gasteiger partial charge in [-0.3, -0.25) is 28.8 Å². The van der Waals surface area contributed by atoms with Crippen LogP contribution in [-0.2, 0) is 47.1 Å². The second-order valence-electron chi connectivity index (χ2n) is 17.7. The molecule has 2 aliphatic carbocycles. The Morgan fingerprint density at radius 3 is 1.14 bits per heavy atom. The van der Waals surface area contributed by atoms with E-state index in [1.54, 1.807) is 19.1 Å². The Morgan fingerprint density at radius 2 is 0.808 bits per heavy atom. The third kappa shape index (κ3) is 16.2. The smallest absolute Gasteiger partial charge is 0.416 e. The molecular formula is C54H48F12O7. The van der Waals surface area contributed by atoms with Crippen molar-refractivity contribution in [3.05, 3.63) is 151 Å². The average molecular weight is 1040 g/mol. The number of rotatable bonds is 17. The highest BCUT2D eigenvalue weighted by Crippen LogP contribution is 2.40. The van der Waals surface area contributed by atoms with E-state index in [0.717, 1.165) is 25.0 Å². The summed E-state index contributed by atoms with van der Waals surface area (Å²) < 4.78 is 158. The molecule has 390 valence electrons. The van der Waals surface area contributed by atoms with E-state index in [0.29, 0.717) is 97.9 Å². The van der Waals surface area contributed by atoms with Crippen LogP contribution >= 0.6 is 0 Å². The van der Waals surface area contributed by atoms with Crippen molar-refractivity contribution in [2.24, 2.45) is 0 Å². The van der Waals surface area contributed by atoms with Crippen molar-refractivity contribution in [3.8, 4) is 0 Å². The van der Waals surface area contributed by atoms with Crippen molar-refractivity contribution in [2.45, 2.75) is 128 Å². The Labute approximate surface area is 411 Å². The summed E-state index contributed by atoms with van der Waals surface area (Å²) in [5, 5.41) is 8.64.